The van der Waals surface area contributed by atoms with Crippen LogP contribution in [0.25, 0.3) is 11.1 Å². The van der Waals surface area contributed by atoms with Crippen molar-refractivity contribution in [2.75, 3.05) is 11.4 Å². The first-order valence-corrected chi connectivity index (χ1v) is 6.02. The Morgan fingerprint density at radius 2 is 1.83 bits per heavy atom. The number of aromatic nitrogens is 1. The molecule has 0 saturated heterocycles. The van der Waals surface area contributed by atoms with Gasteiger partial charge in [-0.15, -0.1) is 0 Å². The van der Waals surface area contributed by atoms with Crippen molar-refractivity contribution < 1.29 is 4.79 Å². The zero-order valence-corrected chi connectivity index (χ0v) is 10.6. The maximum atomic E-state index is 11.4. The number of amides is 1. The standard InChI is InChI=1S/C15H16N2O/c1-3-17(12(2)18)15-10-9-14(11-16-15)13-7-5-4-6-8-13/h4-11H,3H2,1-2H3. The molecule has 0 bridgehead atoms. The molecule has 1 amide bonds. The average Bonchev–Trinajstić information content (AvgIpc) is 2.41. The minimum absolute atomic E-state index is 0.0115. The topological polar surface area (TPSA) is 33.2 Å². The lowest BCUT2D eigenvalue weighted by Gasteiger charge is -2.17. The quantitative estimate of drug-likeness (QED) is 0.825. The highest BCUT2D eigenvalue weighted by molar-refractivity contribution is 5.90. The van der Waals surface area contributed by atoms with Crippen molar-refractivity contribution in [2.45, 2.75) is 13.8 Å². The van der Waals surface area contributed by atoms with E-state index in [9.17, 15) is 4.79 Å². The first-order chi connectivity index (χ1) is 8.72. The van der Waals surface area contributed by atoms with E-state index >= 15 is 0 Å². The fourth-order valence-electron chi connectivity index (χ4n) is 1.89. The van der Waals surface area contributed by atoms with Crippen LogP contribution in [0.2, 0.25) is 0 Å². The number of carbonyl (C=O) groups is 1. The second-order valence-electron chi connectivity index (χ2n) is 4.03. The van der Waals surface area contributed by atoms with E-state index in [1.54, 1.807) is 18.0 Å². The summed E-state index contributed by atoms with van der Waals surface area (Å²) in [4.78, 5) is 17.4. The van der Waals surface area contributed by atoms with Gasteiger partial charge in [0.05, 0.1) is 0 Å². The molecule has 1 aromatic heterocycles. The first kappa shape index (κ1) is 12.3. The van der Waals surface area contributed by atoms with Gasteiger partial charge in [-0.05, 0) is 24.6 Å². The van der Waals surface area contributed by atoms with Crippen LogP contribution in [0, 0.1) is 0 Å². The Balaban J connectivity index is 2.28. The summed E-state index contributed by atoms with van der Waals surface area (Å²) in [5, 5.41) is 0. The summed E-state index contributed by atoms with van der Waals surface area (Å²) in [5.41, 5.74) is 2.18. The van der Waals surface area contributed by atoms with Gasteiger partial charge in [0.2, 0.25) is 5.91 Å². The predicted octanol–water partition coefficient (Wildman–Crippen LogP) is 3.12. The zero-order chi connectivity index (χ0) is 13.0. The van der Waals surface area contributed by atoms with E-state index in [0.29, 0.717) is 12.4 Å². The van der Waals surface area contributed by atoms with Crippen molar-refractivity contribution in [3.8, 4) is 11.1 Å². The van der Waals surface area contributed by atoms with Crippen LogP contribution in [0.4, 0.5) is 5.82 Å². The molecule has 0 spiro atoms. The third-order valence-electron chi connectivity index (χ3n) is 2.83. The van der Waals surface area contributed by atoms with Crippen LogP contribution in [0.15, 0.2) is 48.7 Å². The van der Waals surface area contributed by atoms with Gasteiger partial charge in [0.25, 0.3) is 0 Å². The van der Waals surface area contributed by atoms with E-state index in [-0.39, 0.29) is 5.91 Å². The van der Waals surface area contributed by atoms with Gasteiger partial charge in [-0.2, -0.15) is 0 Å². The number of rotatable bonds is 3. The highest BCUT2D eigenvalue weighted by atomic mass is 16.2. The van der Waals surface area contributed by atoms with E-state index in [4.69, 9.17) is 0 Å². The van der Waals surface area contributed by atoms with Gasteiger partial charge < -0.3 is 0 Å². The number of hydrogen-bond acceptors (Lipinski definition) is 2. The van der Waals surface area contributed by atoms with E-state index in [0.717, 1.165) is 11.1 Å². The molecule has 0 N–H and O–H groups in total. The Hall–Kier alpha value is -2.16. The van der Waals surface area contributed by atoms with Gasteiger partial charge in [0.15, 0.2) is 0 Å². The summed E-state index contributed by atoms with van der Waals surface area (Å²) in [6.07, 6.45) is 1.80. The van der Waals surface area contributed by atoms with Gasteiger partial charge in [-0.1, -0.05) is 30.3 Å². The van der Waals surface area contributed by atoms with Gasteiger partial charge in [0, 0.05) is 25.2 Å². The normalized spacial score (nSPS) is 10.1. The molecule has 0 radical (unpaired) electrons. The zero-order valence-electron chi connectivity index (χ0n) is 10.6. The Morgan fingerprint density at radius 1 is 1.11 bits per heavy atom. The molecular formula is C15H16N2O. The number of carbonyl (C=O) groups excluding carboxylic acids is 1. The Morgan fingerprint density at radius 3 is 2.33 bits per heavy atom. The largest absolute Gasteiger partial charge is 0.297 e. The smallest absolute Gasteiger partial charge is 0.225 e. The van der Waals surface area contributed by atoms with Crippen LogP contribution in [0.3, 0.4) is 0 Å². The van der Waals surface area contributed by atoms with Crippen molar-refractivity contribution in [1.82, 2.24) is 4.98 Å². The average molecular weight is 240 g/mol. The monoisotopic (exact) mass is 240 g/mol. The van der Waals surface area contributed by atoms with Crippen LogP contribution >= 0.6 is 0 Å². The third-order valence-corrected chi connectivity index (χ3v) is 2.83. The van der Waals surface area contributed by atoms with Crippen LogP contribution in [0.5, 0.6) is 0 Å². The second-order valence-corrected chi connectivity index (χ2v) is 4.03. The molecule has 0 aliphatic heterocycles. The van der Waals surface area contributed by atoms with Crippen molar-refractivity contribution in [3.05, 3.63) is 48.7 Å². The summed E-state index contributed by atoms with van der Waals surface area (Å²) in [5.74, 6) is 0.710. The number of pyridine rings is 1. The van der Waals surface area contributed by atoms with Crippen molar-refractivity contribution in [1.29, 1.82) is 0 Å². The molecule has 2 rings (SSSR count). The predicted molar refractivity (Wildman–Crippen MR) is 73.4 cm³/mol. The molecule has 3 heteroatoms. The van der Waals surface area contributed by atoms with Gasteiger partial charge >= 0.3 is 0 Å². The van der Waals surface area contributed by atoms with E-state index < -0.39 is 0 Å². The molecule has 0 atom stereocenters. The molecule has 0 saturated carbocycles. The number of anilines is 1. The molecule has 3 nitrogen and oxygen atoms in total. The highest BCUT2D eigenvalue weighted by Gasteiger charge is 2.09. The van der Waals surface area contributed by atoms with Gasteiger partial charge in [-0.3, -0.25) is 9.69 Å². The third kappa shape index (κ3) is 2.56. The minimum atomic E-state index is 0.0115. The maximum Gasteiger partial charge on any atom is 0.225 e. The van der Waals surface area contributed by atoms with E-state index in [1.807, 2.05) is 49.4 Å². The highest BCUT2D eigenvalue weighted by Crippen LogP contribution is 2.20. The second kappa shape index (κ2) is 5.45. The molecule has 0 aliphatic rings. The summed E-state index contributed by atoms with van der Waals surface area (Å²) < 4.78 is 0. The van der Waals surface area contributed by atoms with Crippen LogP contribution in [-0.4, -0.2) is 17.4 Å². The lowest BCUT2D eigenvalue weighted by molar-refractivity contribution is -0.116. The number of nitrogens with zero attached hydrogens (tertiary/aromatic N) is 2. The summed E-state index contributed by atoms with van der Waals surface area (Å²) in [6.45, 7) is 4.12. The van der Waals surface area contributed by atoms with Gasteiger partial charge in [0.1, 0.15) is 5.82 Å². The first-order valence-electron chi connectivity index (χ1n) is 6.02. The van der Waals surface area contributed by atoms with Crippen molar-refractivity contribution >= 4 is 11.7 Å². The molecule has 92 valence electrons. The molecule has 0 fully saturated rings. The van der Waals surface area contributed by atoms with E-state index in [1.165, 1.54) is 0 Å². The van der Waals surface area contributed by atoms with Crippen molar-refractivity contribution in [2.24, 2.45) is 0 Å². The Labute approximate surface area is 107 Å². The van der Waals surface area contributed by atoms with Gasteiger partial charge in [-0.25, -0.2) is 4.98 Å². The molecular weight excluding hydrogens is 224 g/mol. The fraction of sp³-hybridized carbons (Fsp3) is 0.200. The summed E-state index contributed by atoms with van der Waals surface area (Å²) in [7, 11) is 0. The summed E-state index contributed by atoms with van der Waals surface area (Å²) in [6, 6.07) is 13.9. The maximum absolute atomic E-state index is 11.4. The molecule has 0 unspecified atom stereocenters. The number of benzene rings is 1. The lowest BCUT2D eigenvalue weighted by atomic mass is 10.1. The van der Waals surface area contributed by atoms with Crippen LogP contribution < -0.4 is 4.90 Å². The number of hydrogen-bond donors (Lipinski definition) is 0. The van der Waals surface area contributed by atoms with Crippen LogP contribution in [-0.2, 0) is 4.79 Å². The molecule has 2 aromatic rings. The molecule has 18 heavy (non-hydrogen) atoms. The molecule has 0 aliphatic carbocycles. The minimum Gasteiger partial charge on any atom is -0.297 e. The molecule has 1 heterocycles. The Kier molecular flexibility index (Phi) is 3.72. The van der Waals surface area contributed by atoms with E-state index in [2.05, 4.69) is 4.98 Å². The summed E-state index contributed by atoms with van der Waals surface area (Å²) >= 11 is 0. The van der Waals surface area contributed by atoms with Crippen LogP contribution in [0.1, 0.15) is 13.8 Å². The lowest BCUT2D eigenvalue weighted by Crippen LogP contribution is -2.28. The van der Waals surface area contributed by atoms with Crippen molar-refractivity contribution in [3.63, 3.8) is 0 Å². The Bertz CT molecular complexity index is 520. The SMILES string of the molecule is CCN(C(C)=O)c1ccc(-c2ccccc2)cn1. The molecule has 1 aromatic carbocycles. The fourth-order valence-corrected chi connectivity index (χ4v) is 1.89.